The zero-order chi connectivity index (χ0) is 11.3. The Balaban J connectivity index is 2.97. The lowest BCUT2D eigenvalue weighted by Crippen LogP contribution is -2.09. The molecule has 0 saturated heterocycles. The number of alkyl halides is 1. The molecule has 1 atom stereocenters. The molecule has 4 heteroatoms. The van der Waals surface area contributed by atoms with Gasteiger partial charge in [-0.2, -0.15) is 5.26 Å². The van der Waals surface area contributed by atoms with Gasteiger partial charge >= 0.3 is 0 Å². The van der Waals surface area contributed by atoms with Crippen molar-refractivity contribution in [1.82, 2.24) is 0 Å². The zero-order valence-electron chi connectivity index (χ0n) is 8.66. The van der Waals surface area contributed by atoms with E-state index in [-0.39, 0.29) is 0 Å². The van der Waals surface area contributed by atoms with Crippen LogP contribution in [-0.4, -0.2) is 13.2 Å². The highest BCUT2D eigenvalue weighted by atomic mass is 35.5. The number of nitrogens with zero attached hydrogens (tertiary/aromatic N) is 1. The molecule has 0 fully saturated rings. The average molecular weight is 226 g/mol. The van der Waals surface area contributed by atoms with Gasteiger partial charge in [-0.1, -0.05) is 6.07 Å². The quantitative estimate of drug-likeness (QED) is 0.740. The monoisotopic (exact) mass is 225 g/mol. The van der Waals surface area contributed by atoms with Crippen LogP contribution in [0.3, 0.4) is 0 Å². The van der Waals surface area contributed by atoms with Gasteiger partial charge in [0.05, 0.1) is 13.0 Å². The highest BCUT2D eigenvalue weighted by molar-refractivity contribution is 6.17. The molecule has 0 N–H and O–H groups in total. The van der Waals surface area contributed by atoms with E-state index in [1.165, 1.54) is 0 Å². The van der Waals surface area contributed by atoms with E-state index in [1.807, 2.05) is 18.2 Å². The van der Waals surface area contributed by atoms with Gasteiger partial charge in [0, 0.05) is 11.6 Å². The second-order valence-electron chi connectivity index (χ2n) is 3.00. The maximum Gasteiger partial charge on any atom is 0.181 e. The van der Waals surface area contributed by atoms with Crippen LogP contribution >= 0.6 is 11.6 Å². The van der Waals surface area contributed by atoms with E-state index in [1.54, 1.807) is 20.1 Å². The molecule has 0 radical (unpaired) electrons. The van der Waals surface area contributed by atoms with Crippen LogP contribution in [0.15, 0.2) is 18.2 Å². The van der Waals surface area contributed by atoms with Gasteiger partial charge < -0.3 is 9.47 Å². The molecule has 0 spiro atoms. The Labute approximate surface area is 94.2 Å². The van der Waals surface area contributed by atoms with Crippen molar-refractivity contribution in [2.75, 3.05) is 7.11 Å². The Kier molecular flexibility index (Phi) is 4.26. The number of halogens is 1. The van der Waals surface area contributed by atoms with E-state index in [9.17, 15) is 0 Å². The number of benzene rings is 1. The van der Waals surface area contributed by atoms with E-state index in [0.717, 1.165) is 5.56 Å². The van der Waals surface area contributed by atoms with Gasteiger partial charge in [-0.25, -0.2) is 0 Å². The second-order valence-corrected chi connectivity index (χ2v) is 3.26. The molecule has 0 saturated carbocycles. The molecule has 3 nitrogen and oxygen atoms in total. The van der Waals surface area contributed by atoms with Crippen LogP contribution in [0.1, 0.15) is 12.5 Å². The summed E-state index contributed by atoms with van der Waals surface area (Å²) in [5, 5.41) is 8.65. The Bertz CT molecular complexity index is 373. The summed E-state index contributed by atoms with van der Waals surface area (Å²) in [5.74, 6) is 1.62. The van der Waals surface area contributed by atoms with Gasteiger partial charge in [-0.15, -0.1) is 11.6 Å². The van der Waals surface area contributed by atoms with E-state index < -0.39 is 6.10 Å². The van der Waals surface area contributed by atoms with Gasteiger partial charge in [0.2, 0.25) is 0 Å². The molecule has 1 unspecified atom stereocenters. The van der Waals surface area contributed by atoms with E-state index in [4.69, 9.17) is 26.3 Å². The highest BCUT2D eigenvalue weighted by Crippen LogP contribution is 2.26. The Morgan fingerprint density at radius 2 is 2.27 bits per heavy atom. The van der Waals surface area contributed by atoms with Crippen LogP contribution in [0.2, 0.25) is 0 Å². The van der Waals surface area contributed by atoms with Gasteiger partial charge in [0.25, 0.3) is 0 Å². The maximum absolute atomic E-state index is 8.65. The molecule has 15 heavy (non-hydrogen) atoms. The van der Waals surface area contributed by atoms with Crippen LogP contribution < -0.4 is 9.47 Å². The van der Waals surface area contributed by atoms with Crippen molar-refractivity contribution in [2.24, 2.45) is 0 Å². The zero-order valence-corrected chi connectivity index (χ0v) is 9.41. The van der Waals surface area contributed by atoms with Crippen LogP contribution in [0.4, 0.5) is 0 Å². The Morgan fingerprint density at radius 3 is 2.80 bits per heavy atom. The largest absolute Gasteiger partial charge is 0.497 e. The van der Waals surface area contributed by atoms with Crippen molar-refractivity contribution in [2.45, 2.75) is 18.9 Å². The Hall–Kier alpha value is -1.40. The number of hydrogen-bond acceptors (Lipinski definition) is 3. The number of hydrogen-bond donors (Lipinski definition) is 0. The Morgan fingerprint density at radius 1 is 1.53 bits per heavy atom. The van der Waals surface area contributed by atoms with Crippen molar-refractivity contribution in [1.29, 1.82) is 5.26 Å². The molecule has 0 aliphatic carbocycles. The van der Waals surface area contributed by atoms with Crippen LogP contribution in [0.25, 0.3) is 0 Å². The van der Waals surface area contributed by atoms with Crippen molar-refractivity contribution in [3.05, 3.63) is 23.8 Å². The number of ether oxygens (including phenoxy) is 2. The summed E-state index contributed by atoms with van der Waals surface area (Å²) in [7, 11) is 1.58. The molecule has 0 bridgehead atoms. The van der Waals surface area contributed by atoms with Crippen molar-refractivity contribution >= 4 is 11.6 Å². The molecule has 0 amide bonds. The molecule has 0 aromatic heterocycles. The van der Waals surface area contributed by atoms with Crippen LogP contribution in [0.5, 0.6) is 11.5 Å². The summed E-state index contributed by atoms with van der Waals surface area (Å²) in [4.78, 5) is 0. The fourth-order valence-corrected chi connectivity index (χ4v) is 1.32. The first-order chi connectivity index (χ1) is 7.21. The first-order valence-electron chi connectivity index (χ1n) is 4.50. The third-order valence-electron chi connectivity index (χ3n) is 1.90. The van der Waals surface area contributed by atoms with Crippen molar-refractivity contribution < 1.29 is 9.47 Å². The highest BCUT2D eigenvalue weighted by Gasteiger charge is 2.08. The third-order valence-corrected chi connectivity index (χ3v) is 2.19. The minimum atomic E-state index is -0.501. The minimum absolute atomic E-state index is 0.345. The van der Waals surface area contributed by atoms with Crippen LogP contribution in [-0.2, 0) is 5.88 Å². The molecule has 80 valence electrons. The summed E-state index contributed by atoms with van der Waals surface area (Å²) < 4.78 is 10.5. The van der Waals surface area contributed by atoms with Crippen molar-refractivity contribution in [3.63, 3.8) is 0 Å². The molecule has 0 aliphatic rings. The van der Waals surface area contributed by atoms with E-state index >= 15 is 0 Å². The predicted molar refractivity (Wildman–Crippen MR) is 58.3 cm³/mol. The standard InChI is InChI=1S/C11H12ClNO2/c1-8(7-13)15-11-5-10(14-2)4-3-9(11)6-12/h3-5,8H,6H2,1-2H3. The molecule has 0 heterocycles. The van der Waals surface area contributed by atoms with Crippen molar-refractivity contribution in [3.8, 4) is 17.6 Å². The molecule has 1 aromatic carbocycles. The third kappa shape index (κ3) is 3.03. The maximum atomic E-state index is 8.65. The fourth-order valence-electron chi connectivity index (χ4n) is 1.10. The lowest BCUT2D eigenvalue weighted by Gasteiger charge is -2.12. The van der Waals surface area contributed by atoms with E-state index in [0.29, 0.717) is 17.4 Å². The van der Waals surface area contributed by atoms with Crippen LogP contribution in [0, 0.1) is 11.3 Å². The average Bonchev–Trinajstić information content (AvgIpc) is 2.28. The minimum Gasteiger partial charge on any atom is -0.497 e. The summed E-state index contributed by atoms with van der Waals surface area (Å²) in [5.41, 5.74) is 0.847. The first-order valence-corrected chi connectivity index (χ1v) is 5.04. The number of rotatable bonds is 4. The van der Waals surface area contributed by atoms with Gasteiger partial charge in [0.15, 0.2) is 6.10 Å². The normalized spacial score (nSPS) is 11.6. The lowest BCUT2D eigenvalue weighted by atomic mass is 10.2. The van der Waals surface area contributed by atoms with Gasteiger partial charge in [-0.05, 0) is 13.0 Å². The summed E-state index contributed by atoms with van der Waals surface area (Å²) in [6.45, 7) is 1.68. The second kappa shape index (κ2) is 5.47. The number of methoxy groups -OCH3 is 1. The fraction of sp³-hybridized carbons (Fsp3) is 0.364. The lowest BCUT2D eigenvalue weighted by molar-refractivity contribution is 0.272. The van der Waals surface area contributed by atoms with E-state index in [2.05, 4.69) is 0 Å². The molecular weight excluding hydrogens is 214 g/mol. The predicted octanol–water partition coefficient (Wildman–Crippen LogP) is 2.72. The van der Waals surface area contributed by atoms with Gasteiger partial charge in [-0.3, -0.25) is 0 Å². The summed E-state index contributed by atoms with van der Waals surface area (Å²) in [6.07, 6.45) is -0.501. The molecule has 0 aliphatic heterocycles. The summed E-state index contributed by atoms with van der Waals surface area (Å²) in [6, 6.07) is 7.36. The SMILES string of the molecule is COc1ccc(CCl)c(OC(C)C#N)c1. The molecule has 1 rings (SSSR count). The molecular formula is C11H12ClNO2. The first kappa shape index (κ1) is 11.7. The smallest absolute Gasteiger partial charge is 0.181 e. The summed E-state index contributed by atoms with van der Waals surface area (Å²) >= 11 is 5.75. The van der Waals surface area contributed by atoms with Gasteiger partial charge in [0.1, 0.15) is 17.6 Å². The topological polar surface area (TPSA) is 42.2 Å². The number of nitriles is 1. The molecule has 1 aromatic rings.